The van der Waals surface area contributed by atoms with Crippen molar-refractivity contribution < 1.29 is 4.79 Å². The summed E-state index contributed by atoms with van der Waals surface area (Å²) in [7, 11) is 0. The van der Waals surface area contributed by atoms with Crippen LogP contribution in [0.1, 0.15) is 54.9 Å². The summed E-state index contributed by atoms with van der Waals surface area (Å²) in [5.74, 6) is 0.407. The summed E-state index contributed by atoms with van der Waals surface area (Å²) in [6.45, 7) is 17.6. The van der Waals surface area contributed by atoms with Gasteiger partial charge in [-0.3, -0.25) is 14.7 Å². The average molecular weight is 328 g/mol. The zero-order chi connectivity index (χ0) is 18.0. The standard InChI is InChI=1S/C17H37N5O/c1-8-19-16(21-12-17(6,7)15(18)23)20-10-9-11-22(13(2)3)14(4)5/h13-14H,8-12H2,1-7H3,(H2,18,23)(H2,19,20,21). The lowest BCUT2D eigenvalue weighted by Crippen LogP contribution is -2.42. The molecule has 0 aromatic rings. The van der Waals surface area contributed by atoms with Crippen molar-refractivity contribution in [2.45, 2.75) is 67.0 Å². The van der Waals surface area contributed by atoms with E-state index in [1.165, 1.54) is 0 Å². The predicted octanol–water partition coefficient (Wildman–Crippen LogP) is 1.56. The summed E-state index contributed by atoms with van der Waals surface area (Å²) in [5, 5.41) is 6.53. The van der Waals surface area contributed by atoms with Gasteiger partial charge in [0, 0.05) is 31.7 Å². The van der Waals surface area contributed by atoms with Crippen LogP contribution in [0.4, 0.5) is 0 Å². The van der Waals surface area contributed by atoms with Crippen molar-refractivity contribution in [3.63, 3.8) is 0 Å². The van der Waals surface area contributed by atoms with Crippen LogP contribution in [0.15, 0.2) is 4.99 Å². The molecule has 23 heavy (non-hydrogen) atoms. The Balaban J connectivity index is 4.42. The highest BCUT2D eigenvalue weighted by Crippen LogP contribution is 2.13. The number of guanidine groups is 1. The second-order valence-electron chi connectivity index (χ2n) is 7.15. The fourth-order valence-electron chi connectivity index (χ4n) is 2.28. The normalized spacial score (nSPS) is 13.0. The molecular weight excluding hydrogens is 290 g/mol. The third-order valence-electron chi connectivity index (χ3n) is 3.86. The topological polar surface area (TPSA) is 82.7 Å². The minimum Gasteiger partial charge on any atom is -0.369 e. The molecule has 0 rings (SSSR count). The van der Waals surface area contributed by atoms with Gasteiger partial charge in [-0.1, -0.05) is 0 Å². The Bertz CT molecular complexity index is 369. The molecule has 0 bridgehead atoms. The van der Waals surface area contributed by atoms with Crippen LogP contribution in [-0.2, 0) is 4.79 Å². The summed E-state index contributed by atoms with van der Waals surface area (Å²) in [6, 6.07) is 1.10. The number of primary amides is 1. The fourth-order valence-corrected chi connectivity index (χ4v) is 2.28. The van der Waals surface area contributed by atoms with Crippen molar-refractivity contribution in [3.05, 3.63) is 0 Å². The fraction of sp³-hybridized carbons (Fsp3) is 0.882. The molecule has 0 aliphatic rings. The highest BCUT2D eigenvalue weighted by molar-refractivity contribution is 5.82. The molecule has 0 aromatic carbocycles. The van der Waals surface area contributed by atoms with Crippen LogP contribution in [-0.4, -0.2) is 55.0 Å². The Morgan fingerprint density at radius 2 is 1.74 bits per heavy atom. The molecule has 6 heteroatoms. The number of carbonyl (C=O) groups excluding carboxylic acids is 1. The van der Waals surface area contributed by atoms with E-state index in [1.54, 1.807) is 0 Å². The van der Waals surface area contributed by atoms with E-state index < -0.39 is 5.41 Å². The maximum atomic E-state index is 11.4. The molecular formula is C17H37N5O. The lowest BCUT2D eigenvalue weighted by Gasteiger charge is -2.30. The summed E-state index contributed by atoms with van der Waals surface area (Å²) in [5.41, 5.74) is 4.76. The van der Waals surface area contributed by atoms with E-state index in [0.29, 0.717) is 18.6 Å². The van der Waals surface area contributed by atoms with Crippen LogP contribution in [0.3, 0.4) is 0 Å². The molecule has 0 heterocycles. The number of rotatable bonds is 10. The Kier molecular flexibility index (Phi) is 9.88. The summed E-state index contributed by atoms with van der Waals surface area (Å²) in [4.78, 5) is 18.3. The molecule has 0 unspecified atom stereocenters. The third kappa shape index (κ3) is 8.79. The minimum absolute atomic E-state index is 0.332. The van der Waals surface area contributed by atoms with Crippen molar-refractivity contribution in [1.29, 1.82) is 0 Å². The van der Waals surface area contributed by atoms with Gasteiger partial charge >= 0.3 is 0 Å². The lowest BCUT2D eigenvalue weighted by molar-refractivity contribution is -0.125. The van der Waals surface area contributed by atoms with Crippen molar-refractivity contribution in [2.75, 3.05) is 26.2 Å². The molecule has 0 aliphatic carbocycles. The van der Waals surface area contributed by atoms with Crippen LogP contribution >= 0.6 is 0 Å². The second kappa shape index (κ2) is 10.5. The maximum absolute atomic E-state index is 11.4. The minimum atomic E-state index is -0.631. The van der Waals surface area contributed by atoms with Crippen LogP contribution in [0, 0.1) is 5.41 Å². The van der Waals surface area contributed by atoms with Crippen molar-refractivity contribution >= 4 is 11.9 Å². The molecule has 0 aliphatic heterocycles. The number of nitrogens with zero attached hydrogens (tertiary/aromatic N) is 2. The molecule has 4 N–H and O–H groups in total. The maximum Gasteiger partial charge on any atom is 0.224 e. The van der Waals surface area contributed by atoms with E-state index in [-0.39, 0.29) is 5.91 Å². The summed E-state index contributed by atoms with van der Waals surface area (Å²) < 4.78 is 0. The van der Waals surface area contributed by atoms with Crippen LogP contribution in [0.2, 0.25) is 0 Å². The molecule has 0 aromatic heterocycles. The molecule has 136 valence electrons. The number of hydrogen-bond acceptors (Lipinski definition) is 3. The zero-order valence-electron chi connectivity index (χ0n) is 16.1. The number of amides is 1. The van der Waals surface area contributed by atoms with Gasteiger partial charge in [0.05, 0.1) is 12.0 Å². The van der Waals surface area contributed by atoms with Crippen molar-refractivity contribution in [1.82, 2.24) is 15.5 Å². The van der Waals surface area contributed by atoms with Crippen LogP contribution in [0.5, 0.6) is 0 Å². The smallest absolute Gasteiger partial charge is 0.224 e. The third-order valence-corrected chi connectivity index (χ3v) is 3.86. The molecule has 0 atom stereocenters. The largest absolute Gasteiger partial charge is 0.369 e. The van der Waals surface area contributed by atoms with Gasteiger partial charge in [0.25, 0.3) is 0 Å². The first-order chi connectivity index (χ1) is 10.6. The van der Waals surface area contributed by atoms with Crippen LogP contribution in [0.25, 0.3) is 0 Å². The van der Waals surface area contributed by atoms with Gasteiger partial charge in [-0.25, -0.2) is 0 Å². The Morgan fingerprint density at radius 3 is 2.17 bits per heavy atom. The molecule has 6 nitrogen and oxygen atoms in total. The van der Waals surface area contributed by atoms with Crippen molar-refractivity contribution in [3.8, 4) is 0 Å². The van der Waals surface area contributed by atoms with Gasteiger partial charge in [0.15, 0.2) is 5.96 Å². The number of nitrogens with two attached hydrogens (primary N) is 1. The van der Waals surface area contributed by atoms with E-state index in [0.717, 1.165) is 32.0 Å². The molecule has 0 saturated carbocycles. The number of nitrogens with one attached hydrogen (secondary N) is 2. The number of aliphatic imine (C=N–C) groups is 1. The highest BCUT2D eigenvalue weighted by Gasteiger charge is 2.24. The Morgan fingerprint density at radius 1 is 1.17 bits per heavy atom. The van der Waals surface area contributed by atoms with E-state index in [1.807, 2.05) is 20.8 Å². The zero-order valence-corrected chi connectivity index (χ0v) is 16.1. The Hall–Kier alpha value is -1.30. The summed E-state index contributed by atoms with van der Waals surface area (Å²) >= 11 is 0. The van der Waals surface area contributed by atoms with Gasteiger partial charge in [-0.05, 0) is 54.9 Å². The van der Waals surface area contributed by atoms with Gasteiger partial charge in [-0.15, -0.1) is 0 Å². The molecule has 1 amide bonds. The molecule has 0 radical (unpaired) electrons. The molecule has 0 spiro atoms. The molecule has 0 fully saturated rings. The first-order valence-electron chi connectivity index (χ1n) is 8.69. The van der Waals surface area contributed by atoms with Gasteiger partial charge in [0.2, 0.25) is 5.91 Å². The van der Waals surface area contributed by atoms with Gasteiger partial charge < -0.3 is 16.4 Å². The van der Waals surface area contributed by atoms with E-state index >= 15 is 0 Å². The second-order valence-corrected chi connectivity index (χ2v) is 7.15. The lowest BCUT2D eigenvalue weighted by atomic mass is 9.93. The SMILES string of the molecule is CCNC(=NCC(C)(C)C(N)=O)NCCCN(C(C)C)C(C)C. The van der Waals surface area contributed by atoms with E-state index in [4.69, 9.17) is 5.73 Å². The summed E-state index contributed by atoms with van der Waals surface area (Å²) in [6.07, 6.45) is 1.04. The van der Waals surface area contributed by atoms with E-state index in [9.17, 15) is 4.79 Å². The monoisotopic (exact) mass is 327 g/mol. The first-order valence-corrected chi connectivity index (χ1v) is 8.69. The van der Waals surface area contributed by atoms with E-state index in [2.05, 4.69) is 48.2 Å². The quantitative estimate of drug-likeness (QED) is 0.323. The number of carbonyl (C=O) groups is 1. The Labute approximate surface area is 142 Å². The molecule has 0 saturated heterocycles. The number of hydrogen-bond donors (Lipinski definition) is 3. The van der Waals surface area contributed by atoms with Crippen LogP contribution < -0.4 is 16.4 Å². The van der Waals surface area contributed by atoms with Gasteiger partial charge in [-0.2, -0.15) is 0 Å². The van der Waals surface area contributed by atoms with Crippen molar-refractivity contribution in [2.24, 2.45) is 16.1 Å². The average Bonchev–Trinajstić information content (AvgIpc) is 2.43. The van der Waals surface area contributed by atoms with Gasteiger partial charge in [0.1, 0.15) is 0 Å². The highest BCUT2D eigenvalue weighted by atomic mass is 16.1. The predicted molar refractivity (Wildman–Crippen MR) is 98.6 cm³/mol. The first kappa shape index (κ1) is 21.7.